The molecule has 7 heteroatoms. The zero-order valence-corrected chi connectivity index (χ0v) is 21.2. The fourth-order valence-electron chi connectivity index (χ4n) is 3.96. The van der Waals surface area contributed by atoms with Crippen LogP contribution >= 0.6 is 24.2 Å². The van der Waals surface area contributed by atoms with Gasteiger partial charge < -0.3 is 4.74 Å². The first-order chi connectivity index (χ1) is 14.5. The third-order valence-corrected chi connectivity index (χ3v) is 7.01. The lowest BCUT2D eigenvalue weighted by Crippen LogP contribution is -2.57. The standard InChI is InChI=1S/C24H38N3O2S2/c1-17(2)13-14-29-19-11-12-20(21(15-19)27(28,30)26-24(3,4)5)22-16-25-23(31-22)18-9-7-6-8-10-18/h11-12,15-18,26,28,30H,6-10,13-14H2,1-5H3/q+1. The lowest BCUT2D eigenvalue weighted by Gasteiger charge is -2.31. The quantitative estimate of drug-likeness (QED) is 0.221. The van der Waals surface area contributed by atoms with Crippen LogP contribution in [0.2, 0.25) is 0 Å². The van der Waals surface area contributed by atoms with Crippen LogP contribution in [-0.2, 0) is 0 Å². The van der Waals surface area contributed by atoms with Crippen LogP contribution < -0.4 is 14.3 Å². The Labute approximate surface area is 196 Å². The molecule has 1 unspecified atom stereocenters. The maximum absolute atomic E-state index is 11.3. The fraction of sp³-hybridized carbons (Fsp3) is 0.625. The number of quaternary nitrogens is 1. The maximum atomic E-state index is 11.3. The van der Waals surface area contributed by atoms with Crippen LogP contribution in [0.5, 0.6) is 5.75 Å². The van der Waals surface area contributed by atoms with Gasteiger partial charge in [-0.2, -0.15) is 5.21 Å². The van der Waals surface area contributed by atoms with E-state index in [-0.39, 0.29) is 5.54 Å². The largest absolute Gasteiger partial charge is 0.493 e. The van der Waals surface area contributed by atoms with E-state index >= 15 is 0 Å². The summed E-state index contributed by atoms with van der Waals surface area (Å²) in [6.07, 6.45) is 9.28. The second-order valence-corrected chi connectivity index (χ2v) is 11.7. The molecule has 172 valence electrons. The van der Waals surface area contributed by atoms with E-state index in [4.69, 9.17) is 9.72 Å². The molecule has 0 radical (unpaired) electrons. The van der Waals surface area contributed by atoms with Crippen molar-refractivity contribution in [1.29, 1.82) is 0 Å². The Kier molecular flexibility index (Phi) is 8.08. The van der Waals surface area contributed by atoms with E-state index in [9.17, 15) is 5.21 Å². The van der Waals surface area contributed by atoms with Gasteiger partial charge in [0.05, 0.1) is 27.6 Å². The number of hydrogen-bond donors (Lipinski definition) is 3. The fourth-order valence-corrected chi connectivity index (χ4v) is 5.54. The summed E-state index contributed by atoms with van der Waals surface area (Å²) in [6, 6.07) is 5.88. The second kappa shape index (κ2) is 10.2. The molecule has 1 aromatic carbocycles. The highest BCUT2D eigenvalue weighted by atomic mass is 32.1. The van der Waals surface area contributed by atoms with Gasteiger partial charge in [0.2, 0.25) is 5.69 Å². The third kappa shape index (κ3) is 6.93. The molecule has 0 spiro atoms. The van der Waals surface area contributed by atoms with Crippen molar-refractivity contribution >= 4 is 29.8 Å². The van der Waals surface area contributed by atoms with Gasteiger partial charge in [-0.1, -0.05) is 33.1 Å². The number of nitrogens with one attached hydrogen (secondary N) is 1. The minimum absolute atomic E-state index is 0.344. The summed E-state index contributed by atoms with van der Waals surface area (Å²) in [5.41, 5.74) is 4.39. The molecule has 1 aliphatic carbocycles. The van der Waals surface area contributed by atoms with Crippen LogP contribution in [-0.4, -0.2) is 22.3 Å². The Bertz CT molecular complexity index is 853. The molecule has 2 N–H and O–H groups in total. The van der Waals surface area contributed by atoms with Crippen molar-refractivity contribution in [1.82, 2.24) is 14.6 Å². The van der Waals surface area contributed by atoms with Crippen molar-refractivity contribution in [2.24, 2.45) is 5.92 Å². The number of thiazole rings is 1. The molecule has 1 heterocycles. The van der Waals surface area contributed by atoms with Gasteiger partial charge >= 0.3 is 0 Å². The Morgan fingerprint density at radius 2 is 1.97 bits per heavy atom. The Balaban J connectivity index is 1.93. The molecule has 1 fully saturated rings. The van der Waals surface area contributed by atoms with Crippen LogP contribution in [0.3, 0.4) is 0 Å². The number of nitrogens with zero attached hydrogens (tertiary/aromatic N) is 2. The van der Waals surface area contributed by atoms with E-state index in [0.717, 1.165) is 22.6 Å². The van der Waals surface area contributed by atoms with Gasteiger partial charge in [0.1, 0.15) is 18.6 Å². The van der Waals surface area contributed by atoms with E-state index in [2.05, 4.69) is 32.1 Å². The highest BCUT2D eigenvalue weighted by molar-refractivity contribution is 7.79. The molecule has 1 aromatic heterocycles. The smallest absolute Gasteiger partial charge is 0.210 e. The van der Waals surface area contributed by atoms with Gasteiger partial charge in [0, 0.05) is 18.2 Å². The molecule has 5 nitrogen and oxygen atoms in total. The molecule has 1 saturated carbocycles. The Morgan fingerprint density at radius 3 is 2.61 bits per heavy atom. The molecule has 0 bridgehead atoms. The first kappa shape index (κ1) is 24.5. The highest BCUT2D eigenvalue weighted by Gasteiger charge is 2.35. The summed E-state index contributed by atoms with van der Waals surface area (Å²) in [5.74, 6) is 1.87. The summed E-state index contributed by atoms with van der Waals surface area (Å²) in [6.45, 7) is 11.0. The van der Waals surface area contributed by atoms with Crippen LogP contribution in [0, 0.1) is 5.92 Å². The van der Waals surface area contributed by atoms with Crippen LogP contribution in [0.25, 0.3) is 10.4 Å². The SMILES string of the molecule is CC(C)CCOc1ccc(-c2cnc(C3CCCCC3)s2)c([N+](O)(S)NC(C)(C)C)c1. The van der Waals surface area contributed by atoms with E-state index < -0.39 is 4.16 Å². The maximum Gasteiger partial charge on any atom is 0.210 e. The first-order valence-corrected chi connectivity index (χ1v) is 12.6. The molecule has 3 rings (SSSR count). The van der Waals surface area contributed by atoms with Crippen LogP contribution in [0.1, 0.15) is 84.1 Å². The van der Waals surface area contributed by atoms with Gasteiger partial charge in [-0.25, -0.2) is 4.98 Å². The minimum Gasteiger partial charge on any atom is -0.493 e. The molecule has 0 amide bonds. The third-order valence-electron chi connectivity index (χ3n) is 5.50. The first-order valence-electron chi connectivity index (χ1n) is 11.4. The zero-order valence-electron chi connectivity index (χ0n) is 19.5. The average Bonchev–Trinajstić information content (AvgIpc) is 3.16. The summed E-state index contributed by atoms with van der Waals surface area (Å²) >= 11 is 6.31. The molecule has 31 heavy (non-hydrogen) atoms. The van der Waals surface area contributed by atoms with E-state index in [0.29, 0.717) is 24.1 Å². The number of ether oxygens (including phenoxy) is 1. The van der Waals surface area contributed by atoms with Crippen molar-refractivity contribution in [2.75, 3.05) is 6.61 Å². The van der Waals surface area contributed by atoms with E-state index in [1.807, 2.05) is 45.2 Å². The lowest BCUT2D eigenvalue weighted by atomic mass is 9.90. The van der Waals surface area contributed by atoms with Gasteiger partial charge in [-0.05, 0) is 62.2 Å². The molecular formula is C24H38N3O2S2+. The molecular weight excluding hydrogens is 426 g/mol. The van der Waals surface area contributed by atoms with Crippen LogP contribution in [0.15, 0.2) is 24.4 Å². The normalized spacial score (nSPS) is 17.7. The number of benzene rings is 1. The summed E-state index contributed by atoms with van der Waals surface area (Å²) in [5, 5.41) is 12.5. The van der Waals surface area contributed by atoms with E-state index in [1.54, 1.807) is 11.3 Å². The summed E-state index contributed by atoms with van der Waals surface area (Å²) in [4.78, 5) is 5.81. The van der Waals surface area contributed by atoms with E-state index in [1.165, 1.54) is 37.1 Å². The minimum atomic E-state index is -0.725. The lowest BCUT2D eigenvalue weighted by molar-refractivity contribution is -0.0441. The number of rotatable bonds is 8. The van der Waals surface area contributed by atoms with Gasteiger partial charge in [0.25, 0.3) is 0 Å². The van der Waals surface area contributed by atoms with Crippen molar-refractivity contribution in [3.05, 3.63) is 29.4 Å². The second-order valence-electron chi connectivity index (χ2n) is 10.1. The molecule has 0 saturated heterocycles. The summed E-state index contributed by atoms with van der Waals surface area (Å²) in [7, 11) is 0. The summed E-state index contributed by atoms with van der Waals surface area (Å²) < 4.78 is 5.25. The number of hydrogen-bond acceptors (Lipinski definition) is 6. The van der Waals surface area contributed by atoms with Gasteiger partial charge in [0.15, 0.2) is 0 Å². The van der Waals surface area contributed by atoms with Crippen molar-refractivity contribution in [3.8, 4) is 16.2 Å². The molecule has 0 aliphatic heterocycles. The van der Waals surface area contributed by atoms with Crippen LogP contribution in [0.4, 0.5) is 5.69 Å². The Morgan fingerprint density at radius 1 is 1.26 bits per heavy atom. The van der Waals surface area contributed by atoms with Crippen molar-refractivity contribution in [2.45, 2.75) is 84.6 Å². The molecule has 2 aromatic rings. The average molecular weight is 465 g/mol. The van der Waals surface area contributed by atoms with Crippen molar-refractivity contribution < 1.29 is 9.94 Å². The predicted octanol–water partition coefficient (Wildman–Crippen LogP) is 7.13. The number of thiol groups is 1. The molecule has 1 aliphatic rings. The van der Waals surface area contributed by atoms with Gasteiger partial charge in [-0.3, -0.25) is 0 Å². The topological polar surface area (TPSA) is 54.4 Å². The highest BCUT2D eigenvalue weighted by Crippen LogP contribution is 2.43. The monoisotopic (exact) mass is 464 g/mol. The van der Waals surface area contributed by atoms with Crippen molar-refractivity contribution in [3.63, 3.8) is 0 Å². The predicted molar refractivity (Wildman–Crippen MR) is 134 cm³/mol. The van der Waals surface area contributed by atoms with Gasteiger partial charge in [-0.15, -0.1) is 16.8 Å². The Hall–Kier alpha value is -1.12. The number of aromatic nitrogens is 1. The zero-order chi connectivity index (χ0) is 22.6. The molecule has 1 atom stereocenters.